The van der Waals surface area contributed by atoms with Crippen LogP contribution in [0.2, 0.25) is 0 Å². The van der Waals surface area contributed by atoms with E-state index in [4.69, 9.17) is 0 Å². The summed E-state index contributed by atoms with van der Waals surface area (Å²) in [5.74, 6) is 0.472. The van der Waals surface area contributed by atoms with Crippen LogP contribution < -0.4 is 10.2 Å². The lowest BCUT2D eigenvalue weighted by Gasteiger charge is -2.27. The predicted octanol–water partition coefficient (Wildman–Crippen LogP) is 2.30. The molecule has 1 aromatic heterocycles. The molecule has 1 fully saturated rings. The van der Waals surface area contributed by atoms with E-state index < -0.39 is 11.7 Å². The van der Waals surface area contributed by atoms with Gasteiger partial charge in [-0.1, -0.05) is 6.08 Å². The Morgan fingerprint density at radius 1 is 1.36 bits per heavy atom. The highest BCUT2D eigenvalue weighted by Crippen LogP contribution is 2.29. The fraction of sp³-hybridized carbons (Fsp3) is 0.529. The number of aromatic nitrogens is 1. The molecule has 0 radical (unpaired) electrons. The number of rotatable bonds is 5. The maximum Gasteiger partial charge on any atom is 0.417 e. The van der Waals surface area contributed by atoms with Crippen molar-refractivity contribution in [1.29, 1.82) is 0 Å². The molecule has 1 aromatic rings. The summed E-state index contributed by atoms with van der Waals surface area (Å²) in [6.45, 7) is 8.55. The maximum absolute atomic E-state index is 12.6. The molecule has 0 unspecified atom stereocenters. The van der Waals surface area contributed by atoms with Crippen LogP contribution in [0.15, 0.2) is 31.0 Å². The van der Waals surface area contributed by atoms with Gasteiger partial charge in [0, 0.05) is 38.9 Å². The number of hydrogen-bond acceptors (Lipinski definition) is 4. The number of nitrogens with zero attached hydrogens (tertiary/aromatic N) is 3. The first kappa shape index (κ1) is 19.2. The Kier molecular flexibility index (Phi) is 6.41. The van der Waals surface area contributed by atoms with Gasteiger partial charge in [-0.3, -0.25) is 9.69 Å². The van der Waals surface area contributed by atoms with E-state index in [-0.39, 0.29) is 11.9 Å². The molecule has 25 heavy (non-hydrogen) atoms. The summed E-state index contributed by atoms with van der Waals surface area (Å²) < 4.78 is 37.9. The molecule has 1 N–H and O–H groups in total. The van der Waals surface area contributed by atoms with E-state index >= 15 is 0 Å². The topological polar surface area (TPSA) is 48.5 Å². The Morgan fingerprint density at radius 3 is 2.72 bits per heavy atom. The van der Waals surface area contributed by atoms with E-state index in [0.29, 0.717) is 32.0 Å². The SMILES string of the molecule is C=CCNC(=O)[C@@H](C)N1CCCN(c2ccc(C(F)(F)F)cn2)CC1. The molecule has 0 bridgehead atoms. The van der Waals surface area contributed by atoms with Gasteiger partial charge < -0.3 is 10.2 Å². The third-order valence-electron chi connectivity index (χ3n) is 4.28. The van der Waals surface area contributed by atoms with Crippen molar-refractivity contribution in [2.24, 2.45) is 0 Å². The zero-order valence-corrected chi connectivity index (χ0v) is 14.2. The number of alkyl halides is 3. The molecule has 2 heterocycles. The second kappa shape index (κ2) is 8.33. The minimum absolute atomic E-state index is 0.0546. The molecule has 5 nitrogen and oxygen atoms in total. The smallest absolute Gasteiger partial charge is 0.355 e. The van der Waals surface area contributed by atoms with Gasteiger partial charge in [0.2, 0.25) is 5.91 Å². The fourth-order valence-corrected chi connectivity index (χ4v) is 2.78. The van der Waals surface area contributed by atoms with Gasteiger partial charge in [-0.25, -0.2) is 4.98 Å². The Bertz CT molecular complexity index is 589. The quantitative estimate of drug-likeness (QED) is 0.823. The summed E-state index contributed by atoms with van der Waals surface area (Å²) in [6.07, 6.45) is -1.08. The normalized spacial score (nSPS) is 17.7. The van der Waals surface area contributed by atoms with Gasteiger partial charge in [-0.15, -0.1) is 6.58 Å². The molecule has 0 aromatic carbocycles. The minimum atomic E-state index is -4.38. The van der Waals surface area contributed by atoms with Crippen LogP contribution in [0.3, 0.4) is 0 Å². The standard InChI is InChI=1S/C17H23F3N4O/c1-3-7-21-16(25)13(2)23-8-4-9-24(11-10-23)15-6-5-14(12-22-15)17(18,19)20/h3,5-6,12-13H,1,4,7-11H2,2H3,(H,21,25)/t13-/m1/s1. The largest absolute Gasteiger partial charge is 0.417 e. The number of pyridine rings is 1. The number of carbonyl (C=O) groups is 1. The van der Waals surface area contributed by atoms with Gasteiger partial charge in [0.25, 0.3) is 0 Å². The molecule has 1 atom stereocenters. The fourth-order valence-electron chi connectivity index (χ4n) is 2.78. The number of anilines is 1. The van der Waals surface area contributed by atoms with Gasteiger partial charge >= 0.3 is 6.18 Å². The van der Waals surface area contributed by atoms with Gasteiger partial charge in [-0.05, 0) is 25.5 Å². The second-order valence-corrected chi connectivity index (χ2v) is 5.99. The Labute approximate surface area is 145 Å². The summed E-state index contributed by atoms with van der Waals surface area (Å²) in [6, 6.07) is 2.19. The van der Waals surface area contributed by atoms with Crippen molar-refractivity contribution >= 4 is 11.7 Å². The summed E-state index contributed by atoms with van der Waals surface area (Å²) in [4.78, 5) is 20.0. The molecule has 2 rings (SSSR count). The van der Waals surface area contributed by atoms with Crippen molar-refractivity contribution < 1.29 is 18.0 Å². The zero-order chi connectivity index (χ0) is 18.4. The van der Waals surface area contributed by atoms with Gasteiger partial charge in [0.1, 0.15) is 5.82 Å². The highest BCUT2D eigenvalue weighted by Gasteiger charge is 2.31. The van der Waals surface area contributed by atoms with E-state index in [1.807, 2.05) is 11.8 Å². The van der Waals surface area contributed by atoms with Crippen molar-refractivity contribution in [2.45, 2.75) is 25.6 Å². The van der Waals surface area contributed by atoms with E-state index in [1.165, 1.54) is 6.07 Å². The van der Waals surface area contributed by atoms with Crippen molar-refractivity contribution in [3.05, 3.63) is 36.5 Å². The average Bonchev–Trinajstić information content (AvgIpc) is 2.84. The first-order valence-corrected chi connectivity index (χ1v) is 8.24. The molecular weight excluding hydrogens is 333 g/mol. The Hall–Kier alpha value is -2.09. The lowest BCUT2D eigenvalue weighted by Crippen LogP contribution is -2.46. The molecule has 1 aliphatic rings. The monoisotopic (exact) mass is 356 g/mol. The Morgan fingerprint density at radius 2 is 2.12 bits per heavy atom. The van der Waals surface area contributed by atoms with Crippen LogP contribution >= 0.6 is 0 Å². The van der Waals surface area contributed by atoms with E-state index in [2.05, 4.69) is 21.8 Å². The lowest BCUT2D eigenvalue weighted by atomic mass is 10.2. The molecule has 0 saturated carbocycles. The Balaban J connectivity index is 1.96. The molecule has 8 heteroatoms. The van der Waals surface area contributed by atoms with Crippen molar-refractivity contribution in [3.63, 3.8) is 0 Å². The first-order chi connectivity index (χ1) is 11.8. The number of amides is 1. The van der Waals surface area contributed by atoms with E-state index in [0.717, 1.165) is 25.2 Å². The molecule has 0 aliphatic carbocycles. The molecule has 138 valence electrons. The van der Waals surface area contributed by atoms with Crippen LogP contribution in [0.1, 0.15) is 18.9 Å². The van der Waals surface area contributed by atoms with Crippen LogP contribution in [0.25, 0.3) is 0 Å². The number of nitrogens with one attached hydrogen (secondary N) is 1. The number of carbonyl (C=O) groups excluding carboxylic acids is 1. The van der Waals surface area contributed by atoms with Gasteiger partial charge in [-0.2, -0.15) is 13.2 Å². The summed E-state index contributed by atoms with van der Waals surface area (Å²) in [5.41, 5.74) is -0.750. The molecule has 1 saturated heterocycles. The van der Waals surface area contributed by atoms with Gasteiger partial charge in [0.05, 0.1) is 11.6 Å². The minimum Gasteiger partial charge on any atom is -0.355 e. The summed E-state index contributed by atoms with van der Waals surface area (Å²) in [5, 5.41) is 2.78. The highest BCUT2D eigenvalue weighted by molar-refractivity contribution is 5.81. The van der Waals surface area contributed by atoms with Crippen molar-refractivity contribution in [3.8, 4) is 0 Å². The van der Waals surface area contributed by atoms with Crippen LogP contribution in [-0.2, 0) is 11.0 Å². The van der Waals surface area contributed by atoms with E-state index in [1.54, 1.807) is 6.08 Å². The number of hydrogen-bond donors (Lipinski definition) is 1. The first-order valence-electron chi connectivity index (χ1n) is 8.24. The van der Waals surface area contributed by atoms with Crippen molar-refractivity contribution in [1.82, 2.24) is 15.2 Å². The third kappa shape index (κ3) is 5.19. The summed E-state index contributed by atoms with van der Waals surface area (Å²) >= 11 is 0. The second-order valence-electron chi connectivity index (χ2n) is 5.99. The average molecular weight is 356 g/mol. The zero-order valence-electron chi connectivity index (χ0n) is 14.2. The van der Waals surface area contributed by atoms with Crippen LogP contribution in [0.5, 0.6) is 0 Å². The maximum atomic E-state index is 12.6. The van der Waals surface area contributed by atoms with Gasteiger partial charge in [0.15, 0.2) is 0 Å². The van der Waals surface area contributed by atoms with Crippen LogP contribution in [-0.4, -0.2) is 54.6 Å². The number of halogens is 3. The van der Waals surface area contributed by atoms with Crippen LogP contribution in [0.4, 0.5) is 19.0 Å². The molecule has 1 amide bonds. The molecule has 0 spiro atoms. The lowest BCUT2D eigenvalue weighted by molar-refractivity contribution is -0.137. The van der Waals surface area contributed by atoms with E-state index in [9.17, 15) is 18.0 Å². The van der Waals surface area contributed by atoms with Crippen LogP contribution in [0, 0.1) is 0 Å². The highest BCUT2D eigenvalue weighted by atomic mass is 19.4. The predicted molar refractivity (Wildman–Crippen MR) is 90.3 cm³/mol. The summed E-state index contributed by atoms with van der Waals surface area (Å²) in [7, 11) is 0. The molecular formula is C17H23F3N4O. The molecule has 1 aliphatic heterocycles. The third-order valence-corrected chi connectivity index (χ3v) is 4.28. The van der Waals surface area contributed by atoms with Crippen molar-refractivity contribution in [2.75, 3.05) is 37.6 Å².